The number of aryl methyl sites for hydroxylation is 1. The molecule has 1 heterocycles. The fraction of sp³-hybridized carbons (Fsp3) is 0.455. The van der Waals surface area contributed by atoms with Crippen molar-refractivity contribution in [1.82, 2.24) is 0 Å². The molecule has 0 unspecified atom stereocenters. The molecule has 5 heteroatoms. The second kappa shape index (κ2) is 11.3. The van der Waals surface area contributed by atoms with Crippen molar-refractivity contribution in [2.24, 2.45) is 10.8 Å². The average Bonchev–Trinajstić information content (AvgIpc) is 3.07. The summed E-state index contributed by atoms with van der Waals surface area (Å²) < 4.78 is 12.2. The lowest BCUT2D eigenvalue weighted by Gasteiger charge is -2.35. The van der Waals surface area contributed by atoms with E-state index >= 15 is 0 Å². The highest BCUT2D eigenvalue weighted by molar-refractivity contribution is 6.74. The Hall–Kier alpha value is -2.49. The summed E-state index contributed by atoms with van der Waals surface area (Å²) in [6.45, 7) is 20.6. The Morgan fingerprint density at radius 3 is 1.47 bits per heavy atom. The van der Waals surface area contributed by atoms with Crippen LogP contribution in [0.4, 0.5) is 17.1 Å². The maximum Gasteiger partial charge on any atom is 0.494 e. The molecule has 3 aromatic carbocycles. The molecule has 0 atom stereocenters. The molecule has 0 saturated carbocycles. The van der Waals surface area contributed by atoms with Gasteiger partial charge in [-0.3, -0.25) is 0 Å². The van der Waals surface area contributed by atoms with E-state index in [0.717, 1.165) is 22.5 Å². The zero-order chi connectivity index (χ0) is 27.7. The second-order valence-corrected chi connectivity index (χ2v) is 12.9. The van der Waals surface area contributed by atoms with E-state index < -0.39 is 0 Å². The first-order valence-corrected chi connectivity index (χ1v) is 14.2. The lowest BCUT2D eigenvalue weighted by Crippen LogP contribution is -2.40. The third kappa shape index (κ3) is 6.38. The quantitative estimate of drug-likeness (QED) is 0.275. The molecule has 4 rings (SSSR count). The first-order valence-electron chi connectivity index (χ1n) is 14.2. The molecule has 38 heavy (non-hydrogen) atoms. The smallest absolute Gasteiger partial charge is 0.405 e. The van der Waals surface area contributed by atoms with E-state index in [-0.39, 0.29) is 19.3 Å². The van der Waals surface area contributed by atoms with Crippen LogP contribution in [0.15, 0.2) is 72.8 Å². The van der Waals surface area contributed by atoms with Gasteiger partial charge in [-0.05, 0) is 87.3 Å². The van der Waals surface area contributed by atoms with Crippen molar-refractivity contribution in [2.45, 2.75) is 87.2 Å². The van der Waals surface area contributed by atoms with Crippen LogP contribution in [0.25, 0.3) is 0 Å². The van der Waals surface area contributed by atoms with Gasteiger partial charge in [0.05, 0.1) is 0 Å². The van der Waals surface area contributed by atoms with Crippen LogP contribution in [0.5, 0.6) is 0 Å². The average molecular weight is 509 g/mol. The molecular formula is C33H45B2NO2. The van der Waals surface area contributed by atoms with Crippen molar-refractivity contribution in [2.75, 3.05) is 4.90 Å². The van der Waals surface area contributed by atoms with E-state index in [4.69, 9.17) is 9.31 Å². The third-order valence-corrected chi connectivity index (χ3v) is 8.48. The van der Waals surface area contributed by atoms with Crippen LogP contribution in [0.1, 0.15) is 61.0 Å². The molecular weight excluding hydrogens is 464 g/mol. The summed E-state index contributed by atoms with van der Waals surface area (Å²) in [7, 11) is -0.379. The number of hydrogen-bond donors (Lipinski definition) is 0. The highest BCUT2D eigenvalue weighted by atomic mass is 16.6. The number of rotatable bonds is 9. The minimum Gasteiger partial charge on any atom is -0.405 e. The summed E-state index contributed by atoms with van der Waals surface area (Å²) >= 11 is 0. The first kappa shape index (κ1) is 28.5. The van der Waals surface area contributed by atoms with Crippen LogP contribution in [0, 0.1) is 17.8 Å². The van der Waals surface area contributed by atoms with Gasteiger partial charge in [-0.25, -0.2) is 0 Å². The van der Waals surface area contributed by atoms with E-state index in [1.54, 1.807) is 0 Å². The molecule has 1 aliphatic rings. The van der Waals surface area contributed by atoms with Gasteiger partial charge >= 0.3 is 7.12 Å². The minimum atomic E-state index is -0.379. The normalized spacial score (nSPS) is 16.3. The minimum absolute atomic E-state index is 0.0806. The van der Waals surface area contributed by atoms with Crippen LogP contribution in [0.3, 0.4) is 0 Å². The Kier molecular flexibility index (Phi) is 8.49. The molecule has 0 amide bonds. The molecule has 1 saturated heterocycles. The van der Waals surface area contributed by atoms with E-state index in [2.05, 4.69) is 112 Å². The third-order valence-electron chi connectivity index (χ3n) is 8.48. The molecule has 0 spiro atoms. The first-order chi connectivity index (χ1) is 17.9. The SMILES string of the molecule is Cc1ccc(N(c2ccc(B3CC(C)(C)C(C)(C)C3)cc2)c2ccc(B(OC(C)C)OC(C)C)cc2)cc1. The van der Waals surface area contributed by atoms with E-state index in [1.807, 2.05) is 27.7 Å². The standard InChI is InChI=1S/C33H45B2NO2/c1-24(2)37-35(38-25(3)4)28-14-20-31(21-15-28)36(29-16-10-26(5)11-17-29)30-18-12-27(13-19-30)34-22-32(6,7)33(8,9)23-34/h10-21,24-25H,22-23H2,1-9H3. The Labute approximate surface area is 232 Å². The summed E-state index contributed by atoms with van der Waals surface area (Å²) in [5.74, 6) is 0. The molecule has 1 fully saturated rings. The van der Waals surface area contributed by atoms with Crippen molar-refractivity contribution in [1.29, 1.82) is 0 Å². The van der Waals surface area contributed by atoms with Gasteiger partial charge in [0.1, 0.15) is 0 Å². The second-order valence-electron chi connectivity index (χ2n) is 12.9. The lowest BCUT2D eigenvalue weighted by atomic mass is 9.42. The van der Waals surface area contributed by atoms with Crippen LogP contribution in [-0.2, 0) is 9.31 Å². The van der Waals surface area contributed by atoms with Gasteiger partial charge in [0.2, 0.25) is 0 Å². The maximum atomic E-state index is 6.09. The summed E-state index contributed by atoms with van der Waals surface area (Å²) in [5, 5.41) is 0. The van der Waals surface area contributed by atoms with Gasteiger partial charge in [0, 0.05) is 29.3 Å². The van der Waals surface area contributed by atoms with E-state index in [0.29, 0.717) is 17.5 Å². The monoisotopic (exact) mass is 509 g/mol. The Balaban J connectivity index is 1.65. The molecule has 1 aliphatic heterocycles. The van der Waals surface area contributed by atoms with Gasteiger partial charge in [-0.1, -0.05) is 87.8 Å². The highest BCUT2D eigenvalue weighted by Gasteiger charge is 2.48. The molecule has 3 nitrogen and oxygen atoms in total. The molecule has 0 aromatic heterocycles. The van der Waals surface area contributed by atoms with Crippen LogP contribution in [0.2, 0.25) is 12.6 Å². The van der Waals surface area contributed by atoms with E-state index in [1.165, 1.54) is 23.7 Å². The lowest BCUT2D eigenvalue weighted by molar-refractivity contribution is 0.139. The van der Waals surface area contributed by atoms with Crippen molar-refractivity contribution in [3.8, 4) is 0 Å². The number of hydrogen-bond acceptors (Lipinski definition) is 3. The molecule has 0 bridgehead atoms. The molecule has 0 aliphatic carbocycles. The zero-order valence-corrected chi connectivity index (χ0v) is 24.9. The Morgan fingerprint density at radius 2 is 1.05 bits per heavy atom. The van der Waals surface area contributed by atoms with Gasteiger partial charge in [-0.15, -0.1) is 0 Å². The predicted molar refractivity (Wildman–Crippen MR) is 166 cm³/mol. The molecule has 200 valence electrons. The van der Waals surface area contributed by atoms with Gasteiger partial charge < -0.3 is 14.2 Å². The number of benzene rings is 3. The largest absolute Gasteiger partial charge is 0.494 e. The van der Waals surface area contributed by atoms with Gasteiger partial charge in [-0.2, -0.15) is 0 Å². The number of anilines is 3. The number of nitrogens with zero attached hydrogens (tertiary/aromatic N) is 1. The van der Waals surface area contributed by atoms with Crippen molar-refractivity contribution < 1.29 is 9.31 Å². The predicted octanol–water partition coefficient (Wildman–Crippen LogP) is 7.78. The maximum absolute atomic E-state index is 6.09. The molecule has 0 N–H and O–H groups in total. The molecule has 3 aromatic rings. The van der Waals surface area contributed by atoms with Gasteiger partial charge in [0.25, 0.3) is 0 Å². The highest BCUT2D eigenvalue weighted by Crippen LogP contribution is 2.52. The summed E-state index contributed by atoms with van der Waals surface area (Å²) in [6.07, 6.45) is 2.63. The van der Waals surface area contributed by atoms with Crippen LogP contribution >= 0.6 is 0 Å². The Bertz CT molecular complexity index is 1110. The summed E-state index contributed by atoms with van der Waals surface area (Å²) in [5.41, 5.74) is 7.85. The van der Waals surface area contributed by atoms with Crippen LogP contribution in [-0.4, -0.2) is 26.0 Å². The summed E-state index contributed by atoms with van der Waals surface area (Å²) in [4.78, 5) is 2.33. The van der Waals surface area contributed by atoms with Gasteiger partial charge in [0.15, 0.2) is 6.71 Å². The fourth-order valence-electron chi connectivity index (χ4n) is 5.59. The van der Waals surface area contributed by atoms with Crippen LogP contribution < -0.4 is 15.8 Å². The Morgan fingerprint density at radius 1 is 0.658 bits per heavy atom. The van der Waals surface area contributed by atoms with E-state index in [9.17, 15) is 0 Å². The summed E-state index contributed by atoms with van der Waals surface area (Å²) in [6, 6.07) is 26.6. The van der Waals surface area contributed by atoms with Crippen molar-refractivity contribution >= 4 is 41.8 Å². The topological polar surface area (TPSA) is 21.7 Å². The fourth-order valence-corrected chi connectivity index (χ4v) is 5.59. The molecule has 0 radical (unpaired) electrons. The van der Waals surface area contributed by atoms with Crippen molar-refractivity contribution in [3.05, 3.63) is 78.4 Å². The zero-order valence-electron chi connectivity index (χ0n) is 24.9. The van der Waals surface area contributed by atoms with Crippen molar-refractivity contribution in [3.63, 3.8) is 0 Å².